The summed E-state index contributed by atoms with van der Waals surface area (Å²) in [6.45, 7) is 10.1. The molecular weight excluding hydrogens is 226 g/mol. The molecule has 1 aliphatic rings. The fraction of sp³-hybridized carbons (Fsp3) is 0.929. The van der Waals surface area contributed by atoms with Crippen molar-refractivity contribution in [1.29, 1.82) is 0 Å². The molecule has 1 aliphatic heterocycles. The second-order valence-electron chi connectivity index (χ2n) is 5.83. The maximum Gasteiger partial charge on any atom is 0.222 e. The lowest BCUT2D eigenvalue weighted by molar-refractivity contribution is -0.123. The van der Waals surface area contributed by atoms with Gasteiger partial charge in [-0.15, -0.1) is 0 Å². The molecule has 4 heteroatoms. The Hall–Kier alpha value is -0.610. The number of piperidine rings is 1. The largest absolute Gasteiger partial charge is 0.355 e. The third-order valence-electron chi connectivity index (χ3n) is 3.89. The SMILES string of the molecule is CC(C)C(=O)NCCNC(C)C1CCN(C)CC1. The van der Waals surface area contributed by atoms with Gasteiger partial charge in [-0.3, -0.25) is 4.79 Å². The maximum absolute atomic E-state index is 11.4. The van der Waals surface area contributed by atoms with E-state index in [4.69, 9.17) is 0 Å². The van der Waals surface area contributed by atoms with Gasteiger partial charge < -0.3 is 15.5 Å². The fourth-order valence-corrected chi connectivity index (χ4v) is 2.38. The van der Waals surface area contributed by atoms with Crippen molar-refractivity contribution in [3.63, 3.8) is 0 Å². The highest BCUT2D eigenvalue weighted by molar-refractivity contribution is 5.77. The normalized spacial score (nSPS) is 20.1. The summed E-state index contributed by atoms with van der Waals surface area (Å²) in [4.78, 5) is 13.8. The number of nitrogens with one attached hydrogen (secondary N) is 2. The fourth-order valence-electron chi connectivity index (χ4n) is 2.38. The summed E-state index contributed by atoms with van der Waals surface area (Å²) in [5.74, 6) is 1.00. The molecule has 1 atom stereocenters. The van der Waals surface area contributed by atoms with Gasteiger partial charge in [0.2, 0.25) is 5.91 Å². The minimum atomic E-state index is 0.0799. The van der Waals surface area contributed by atoms with E-state index in [9.17, 15) is 4.79 Å². The van der Waals surface area contributed by atoms with Crippen LogP contribution in [-0.2, 0) is 4.79 Å². The highest BCUT2D eigenvalue weighted by Crippen LogP contribution is 2.19. The van der Waals surface area contributed by atoms with Crippen molar-refractivity contribution in [2.75, 3.05) is 33.2 Å². The number of amides is 1. The summed E-state index contributed by atoms with van der Waals surface area (Å²) in [7, 11) is 2.19. The topological polar surface area (TPSA) is 44.4 Å². The Bertz CT molecular complexity index is 247. The van der Waals surface area contributed by atoms with E-state index in [0.717, 1.165) is 19.0 Å². The predicted octanol–water partition coefficient (Wildman–Crippen LogP) is 1.08. The van der Waals surface area contributed by atoms with Crippen molar-refractivity contribution in [3.8, 4) is 0 Å². The van der Waals surface area contributed by atoms with Crippen molar-refractivity contribution in [1.82, 2.24) is 15.5 Å². The molecule has 106 valence electrons. The van der Waals surface area contributed by atoms with E-state index >= 15 is 0 Å². The minimum absolute atomic E-state index is 0.0799. The Morgan fingerprint density at radius 3 is 2.39 bits per heavy atom. The summed E-state index contributed by atoms with van der Waals surface area (Å²) in [6.07, 6.45) is 2.56. The van der Waals surface area contributed by atoms with Gasteiger partial charge in [0.05, 0.1) is 0 Å². The molecule has 1 rings (SSSR count). The molecule has 0 bridgehead atoms. The van der Waals surface area contributed by atoms with Crippen LogP contribution in [0.5, 0.6) is 0 Å². The predicted molar refractivity (Wildman–Crippen MR) is 75.5 cm³/mol. The van der Waals surface area contributed by atoms with Crippen molar-refractivity contribution in [2.24, 2.45) is 11.8 Å². The Morgan fingerprint density at radius 1 is 1.22 bits per heavy atom. The number of carbonyl (C=O) groups is 1. The molecular formula is C14H29N3O. The van der Waals surface area contributed by atoms with Crippen LogP contribution in [0.1, 0.15) is 33.6 Å². The van der Waals surface area contributed by atoms with E-state index in [-0.39, 0.29) is 11.8 Å². The molecule has 0 saturated carbocycles. The van der Waals surface area contributed by atoms with Crippen LogP contribution >= 0.6 is 0 Å². The molecule has 0 spiro atoms. The zero-order valence-corrected chi connectivity index (χ0v) is 12.3. The van der Waals surface area contributed by atoms with Gasteiger partial charge in [-0.05, 0) is 45.8 Å². The molecule has 18 heavy (non-hydrogen) atoms. The summed E-state index contributed by atoms with van der Waals surface area (Å²) in [5.41, 5.74) is 0. The van der Waals surface area contributed by atoms with Crippen LogP contribution in [0.2, 0.25) is 0 Å². The van der Waals surface area contributed by atoms with Crippen molar-refractivity contribution in [2.45, 2.75) is 39.7 Å². The standard InChI is InChI=1S/C14H29N3O/c1-11(2)14(18)16-8-7-15-12(3)13-5-9-17(4)10-6-13/h11-13,15H,5-10H2,1-4H3,(H,16,18). The first-order valence-corrected chi connectivity index (χ1v) is 7.20. The van der Waals surface area contributed by atoms with Gasteiger partial charge >= 0.3 is 0 Å². The first-order valence-electron chi connectivity index (χ1n) is 7.20. The zero-order valence-electron chi connectivity index (χ0n) is 12.3. The van der Waals surface area contributed by atoms with Crippen LogP contribution in [0.3, 0.4) is 0 Å². The molecule has 0 aromatic heterocycles. The number of hydrogen-bond donors (Lipinski definition) is 2. The Morgan fingerprint density at radius 2 is 1.83 bits per heavy atom. The van der Waals surface area contributed by atoms with E-state index in [1.165, 1.54) is 25.9 Å². The molecule has 0 radical (unpaired) electrons. The number of likely N-dealkylation sites (tertiary alicyclic amines) is 1. The molecule has 1 saturated heterocycles. The molecule has 1 heterocycles. The maximum atomic E-state index is 11.4. The number of nitrogens with zero attached hydrogens (tertiary/aromatic N) is 1. The van der Waals surface area contributed by atoms with Crippen LogP contribution in [0.4, 0.5) is 0 Å². The Labute approximate surface area is 111 Å². The molecule has 0 aromatic rings. The molecule has 0 aliphatic carbocycles. The van der Waals surface area contributed by atoms with Gasteiger partial charge in [-0.2, -0.15) is 0 Å². The highest BCUT2D eigenvalue weighted by Gasteiger charge is 2.21. The molecule has 1 unspecified atom stereocenters. The second-order valence-corrected chi connectivity index (χ2v) is 5.83. The van der Waals surface area contributed by atoms with Gasteiger partial charge in [0.1, 0.15) is 0 Å². The van der Waals surface area contributed by atoms with Crippen LogP contribution in [-0.4, -0.2) is 50.1 Å². The van der Waals surface area contributed by atoms with Gasteiger partial charge in [0.25, 0.3) is 0 Å². The van der Waals surface area contributed by atoms with Crippen molar-refractivity contribution in [3.05, 3.63) is 0 Å². The monoisotopic (exact) mass is 255 g/mol. The van der Waals surface area contributed by atoms with E-state index in [1.807, 2.05) is 13.8 Å². The number of rotatable bonds is 6. The van der Waals surface area contributed by atoms with Crippen molar-refractivity contribution >= 4 is 5.91 Å². The van der Waals surface area contributed by atoms with Crippen LogP contribution in [0.25, 0.3) is 0 Å². The van der Waals surface area contributed by atoms with Gasteiger partial charge in [0.15, 0.2) is 0 Å². The van der Waals surface area contributed by atoms with Crippen molar-refractivity contribution < 1.29 is 4.79 Å². The van der Waals surface area contributed by atoms with E-state index in [2.05, 4.69) is 29.5 Å². The van der Waals surface area contributed by atoms with E-state index in [0.29, 0.717) is 6.04 Å². The molecule has 2 N–H and O–H groups in total. The lowest BCUT2D eigenvalue weighted by Crippen LogP contribution is -2.43. The highest BCUT2D eigenvalue weighted by atomic mass is 16.1. The summed E-state index contributed by atoms with van der Waals surface area (Å²) < 4.78 is 0. The third kappa shape index (κ3) is 5.36. The zero-order chi connectivity index (χ0) is 13.5. The van der Waals surface area contributed by atoms with Crippen LogP contribution in [0.15, 0.2) is 0 Å². The number of carbonyl (C=O) groups excluding carboxylic acids is 1. The molecule has 1 amide bonds. The smallest absolute Gasteiger partial charge is 0.222 e. The quantitative estimate of drug-likeness (QED) is 0.698. The molecule has 1 fully saturated rings. The average Bonchev–Trinajstić information content (AvgIpc) is 2.34. The van der Waals surface area contributed by atoms with E-state index < -0.39 is 0 Å². The minimum Gasteiger partial charge on any atom is -0.355 e. The van der Waals surface area contributed by atoms with Gasteiger partial charge in [-0.1, -0.05) is 13.8 Å². The summed E-state index contributed by atoms with van der Waals surface area (Å²) in [5, 5.41) is 6.47. The lowest BCUT2D eigenvalue weighted by atomic mass is 9.90. The first kappa shape index (κ1) is 15.4. The molecule has 0 aromatic carbocycles. The average molecular weight is 255 g/mol. The van der Waals surface area contributed by atoms with Gasteiger partial charge in [-0.25, -0.2) is 0 Å². The van der Waals surface area contributed by atoms with E-state index in [1.54, 1.807) is 0 Å². The Kier molecular flexibility index (Phi) is 6.65. The second kappa shape index (κ2) is 7.74. The van der Waals surface area contributed by atoms with Crippen LogP contribution < -0.4 is 10.6 Å². The first-order chi connectivity index (χ1) is 8.50. The molecule has 4 nitrogen and oxygen atoms in total. The van der Waals surface area contributed by atoms with Crippen LogP contribution in [0, 0.1) is 11.8 Å². The third-order valence-corrected chi connectivity index (χ3v) is 3.89. The van der Waals surface area contributed by atoms with Gasteiger partial charge in [0, 0.05) is 25.0 Å². The summed E-state index contributed by atoms with van der Waals surface area (Å²) in [6, 6.07) is 0.551. The lowest BCUT2D eigenvalue weighted by Gasteiger charge is -2.33. The summed E-state index contributed by atoms with van der Waals surface area (Å²) >= 11 is 0. The number of hydrogen-bond acceptors (Lipinski definition) is 3. The Balaban J connectivity index is 2.10.